The van der Waals surface area contributed by atoms with E-state index in [-0.39, 0.29) is 23.0 Å². The molecule has 5 aromatic carbocycles. The van der Waals surface area contributed by atoms with Gasteiger partial charge in [-0.05, 0) is 81.4 Å². The molecule has 0 N–H and O–H groups in total. The second-order valence-corrected chi connectivity index (χ2v) is 12.3. The fourth-order valence-electron chi connectivity index (χ4n) is 4.81. The van der Waals surface area contributed by atoms with Crippen molar-refractivity contribution < 1.29 is 25.2 Å². The molecule has 0 fully saturated rings. The Morgan fingerprint density at radius 2 is 0.974 bits per heavy atom. The Labute approximate surface area is 229 Å². The van der Waals surface area contributed by atoms with Gasteiger partial charge in [0.15, 0.2) is 0 Å². The lowest BCUT2D eigenvalue weighted by Gasteiger charge is -2.19. The fourth-order valence-corrected chi connectivity index (χ4v) is 6.78. The highest BCUT2D eigenvalue weighted by atomic mass is 32.2. The van der Waals surface area contributed by atoms with E-state index in [1.165, 1.54) is 6.07 Å². The summed E-state index contributed by atoms with van der Waals surface area (Å²) in [7, 11) is -7.93. The van der Waals surface area contributed by atoms with Crippen LogP contribution in [0.5, 0.6) is 0 Å². The number of hydrogen-bond acceptors (Lipinski definition) is 6. The summed E-state index contributed by atoms with van der Waals surface area (Å²) in [4.78, 5) is 0.120. The molecule has 0 radical (unpaired) electrons. The molecule has 0 bridgehead atoms. The van der Waals surface area contributed by atoms with Crippen LogP contribution in [0.2, 0.25) is 0 Å². The van der Waals surface area contributed by atoms with E-state index in [1.807, 2.05) is 67.6 Å². The molecule has 0 saturated carbocycles. The molecule has 39 heavy (non-hydrogen) atoms. The molecular formula is C31H28O6S2. The number of benzene rings is 5. The molecule has 0 aliphatic carbocycles. The number of hydrogen-bond donors (Lipinski definition) is 0. The molecule has 8 heteroatoms. The van der Waals surface area contributed by atoms with Crippen LogP contribution in [0.25, 0.3) is 43.8 Å². The molecule has 0 amide bonds. The lowest BCUT2D eigenvalue weighted by Crippen LogP contribution is -2.07. The highest BCUT2D eigenvalue weighted by Gasteiger charge is 2.23. The van der Waals surface area contributed by atoms with E-state index in [0.717, 1.165) is 33.0 Å². The third kappa shape index (κ3) is 5.21. The van der Waals surface area contributed by atoms with Gasteiger partial charge >= 0.3 is 0 Å². The minimum absolute atomic E-state index is 0.0241. The molecule has 5 rings (SSSR count). The summed E-state index contributed by atoms with van der Waals surface area (Å²) >= 11 is 0. The first kappa shape index (κ1) is 27.0. The van der Waals surface area contributed by atoms with Gasteiger partial charge in [0, 0.05) is 0 Å². The SMILES string of the molecule is CCCOS(=O)(=O)c1ccc2c(-c3ccccc3)c3cc(S(=O)(=O)OCC)ccc3c(-c3ccccc3)c2c1. The first-order chi connectivity index (χ1) is 18.8. The van der Waals surface area contributed by atoms with Crippen molar-refractivity contribution in [2.45, 2.75) is 30.1 Å². The lowest BCUT2D eigenvalue weighted by molar-refractivity contribution is 0.318. The van der Waals surface area contributed by atoms with Gasteiger partial charge in [-0.25, -0.2) is 0 Å². The van der Waals surface area contributed by atoms with Crippen molar-refractivity contribution in [2.24, 2.45) is 0 Å². The first-order valence-corrected chi connectivity index (χ1v) is 15.5. The Morgan fingerprint density at radius 3 is 1.38 bits per heavy atom. The monoisotopic (exact) mass is 560 g/mol. The molecule has 0 saturated heterocycles. The van der Waals surface area contributed by atoms with Crippen molar-refractivity contribution in [2.75, 3.05) is 13.2 Å². The maximum absolute atomic E-state index is 13.0. The molecule has 200 valence electrons. The largest absolute Gasteiger partial charge is 0.296 e. The van der Waals surface area contributed by atoms with Gasteiger partial charge in [0.25, 0.3) is 20.2 Å². The molecule has 0 aromatic heterocycles. The van der Waals surface area contributed by atoms with E-state index in [1.54, 1.807) is 37.3 Å². The minimum Gasteiger partial charge on any atom is -0.267 e. The minimum atomic E-state index is -3.97. The predicted molar refractivity (Wildman–Crippen MR) is 155 cm³/mol. The molecule has 0 unspecified atom stereocenters. The quantitative estimate of drug-likeness (QED) is 0.140. The van der Waals surface area contributed by atoms with Crippen molar-refractivity contribution in [3.63, 3.8) is 0 Å². The molecule has 5 aromatic rings. The summed E-state index contributed by atoms with van der Waals surface area (Å²) < 4.78 is 62.1. The van der Waals surface area contributed by atoms with Gasteiger partial charge in [0.05, 0.1) is 23.0 Å². The average Bonchev–Trinajstić information content (AvgIpc) is 2.95. The molecule has 6 nitrogen and oxygen atoms in total. The van der Waals surface area contributed by atoms with Crippen LogP contribution >= 0.6 is 0 Å². The zero-order valence-corrected chi connectivity index (χ0v) is 23.3. The van der Waals surface area contributed by atoms with Crippen LogP contribution in [0.15, 0.2) is 107 Å². The Bertz CT molecular complexity index is 1870. The van der Waals surface area contributed by atoms with E-state index < -0.39 is 20.2 Å². The van der Waals surface area contributed by atoms with Crippen LogP contribution < -0.4 is 0 Å². The fraction of sp³-hybridized carbons (Fsp3) is 0.161. The third-order valence-corrected chi connectivity index (χ3v) is 9.16. The predicted octanol–water partition coefficient (Wildman–Crippen LogP) is 7.17. The Balaban J connectivity index is 1.96. The van der Waals surface area contributed by atoms with Gasteiger partial charge in [-0.2, -0.15) is 16.8 Å². The Morgan fingerprint density at radius 1 is 0.538 bits per heavy atom. The summed E-state index contributed by atoms with van der Waals surface area (Å²) in [5.41, 5.74) is 3.34. The van der Waals surface area contributed by atoms with Gasteiger partial charge < -0.3 is 0 Å². The van der Waals surface area contributed by atoms with Crippen molar-refractivity contribution >= 4 is 41.8 Å². The van der Waals surface area contributed by atoms with Crippen LogP contribution in [0.3, 0.4) is 0 Å². The summed E-state index contributed by atoms with van der Waals surface area (Å²) in [6, 6.07) is 29.2. The topological polar surface area (TPSA) is 86.7 Å². The summed E-state index contributed by atoms with van der Waals surface area (Å²) in [6.45, 7) is 3.60. The third-order valence-electron chi connectivity index (χ3n) is 6.48. The second kappa shape index (κ2) is 10.9. The summed E-state index contributed by atoms with van der Waals surface area (Å²) in [5, 5.41) is 3.00. The Hall–Kier alpha value is -3.56. The number of rotatable bonds is 9. The smallest absolute Gasteiger partial charge is 0.267 e. The lowest BCUT2D eigenvalue weighted by atomic mass is 9.86. The summed E-state index contributed by atoms with van der Waals surface area (Å²) in [6.07, 6.45) is 0.567. The zero-order chi connectivity index (χ0) is 27.6. The van der Waals surface area contributed by atoms with Gasteiger partial charge in [-0.15, -0.1) is 0 Å². The van der Waals surface area contributed by atoms with Crippen molar-refractivity contribution in [3.8, 4) is 22.3 Å². The molecule has 0 atom stereocenters. The van der Waals surface area contributed by atoms with E-state index >= 15 is 0 Å². The molecule has 0 heterocycles. The second-order valence-electron chi connectivity index (χ2n) is 9.03. The van der Waals surface area contributed by atoms with Crippen LogP contribution in [0, 0.1) is 0 Å². The van der Waals surface area contributed by atoms with Crippen molar-refractivity contribution in [1.82, 2.24) is 0 Å². The first-order valence-electron chi connectivity index (χ1n) is 12.7. The molecular weight excluding hydrogens is 532 g/mol. The zero-order valence-electron chi connectivity index (χ0n) is 21.6. The van der Waals surface area contributed by atoms with Crippen LogP contribution in [-0.2, 0) is 28.6 Å². The highest BCUT2D eigenvalue weighted by molar-refractivity contribution is 7.87. The average molecular weight is 561 g/mol. The van der Waals surface area contributed by atoms with E-state index in [0.29, 0.717) is 17.2 Å². The molecule has 0 spiro atoms. The molecule has 0 aliphatic heterocycles. The van der Waals surface area contributed by atoms with E-state index in [2.05, 4.69) is 0 Å². The standard InChI is InChI=1S/C31H28O6S2/c1-3-19-37-39(34,35)25-16-18-27-29(21-25)31(23-13-9-6-10-14-23)26-17-15-24(38(32,33)36-4-2)20-28(26)30(27)22-11-7-5-8-12-22/h5-18,20-21H,3-4,19H2,1-2H3. The van der Waals surface area contributed by atoms with Crippen LogP contribution in [0.4, 0.5) is 0 Å². The van der Waals surface area contributed by atoms with E-state index in [9.17, 15) is 16.8 Å². The number of fused-ring (bicyclic) bond motifs is 2. The van der Waals surface area contributed by atoms with Crippen LogP contribution in [0.1, 0.15) is 20.3 Å². The van der Waals surface area contributed by atoms with E-state index in [4.69, 9.17) is 8.37 Å². The van der Waals surface area contributed by atoms with Crippen molar-refractivity contribution in [1.29, 1.82) is 0 Å². The van der Waals surface area contributed by atoms with Crippen molar-refractivity contribution in [3.05, 3.63) is 97.1 Å². The molecule has 0 aliphatic rings. The normalized spacial score (nSPS) is 12.3. The van der Waals surface area contributed by atoms with Crippen LogP contribution in [-0.4, -0.2) is 30.0 Å². The maximum Gasteiger partial charge on any atom is 0.296 e. The van der Waals surface area contributed by atoms with Gasteiger partial charge in [-0.3, -0.25) is 8.37 Å². The summed E-state index contributed by atoms with van der Waals surface area (Å²) in [5.74, 6) is 0. The van der Waals surface area contributed by atoms with Gasteiger partial charge in [0.2, 0.25) is 0 Å². The Kier molecular flexibility index (Phi) is 7.55. The van der Waals surface area contributed by atoms with Gasteiger partial charge in [-0.1, -0.05) is 79.7 Å². The highest BCUT2D eigenvalue weighted by Crippen LogP contribution is 2.45. The maximum atomic E-state index is 13.0. The van der Waals surface area contributed by atoms with Gasteiger partial charge in [0.1, 0.15) is 0 Å².